The number of nitrogens with one attached hydrogen (secondary N) is 2. The van der Waals surface area contributed by atoms with Crippen molar-refractivity contribution in [3.05, 3.63) is 59.5 Å². The van der Waals surface area contributed by atoms with Crippen LogP contribution in [0.15, 0.2) is 47.1 Å². The first kappa shape index (κ1) is 20.0. The molecule has 0 radical (unpaired) electrons. The van der Waals surface area contributed by atoms with Gasteiger partial charge in [0.25, 0.3) is 0 Å². The van der Waals surface area contributed by atoms with E-state index in [4.69, 9.17) is 4.42 Å². The van der Waals surface area contributed by atoms with Crippen LogP contribution in [0.5, 0.6) is 0 Å². The van der Waals surface area contributed by atoms with E-state index in [9.17, 15) is 9.59 Å². The van der Waals surface area contributed by atoms with Gasteiger partial charge < -0.3 is 20.0 Å². The number of piperidine rings is 1. The largest absolute Gasteiger partial charge is 0.467 e. The highest BCUT2D eigenvalue weighted by atomic mass is 16.3. The molecule has 1 atom stereocenters. The van der Waals surface area contributed by atoms with Crippen LogP contribution in [0.2, 0.25) is 0 Å². The zero-order valence-corrected chi connectivity index (χ0v) is 16.6. The van der Waals surface area contributed by atoms with Gasteiger partial charge in [0.15, 0.2) is 0 Å². The van der Waals surface area contributed by atoms with Crippen LogP contribution in [-0.2, 0) is 17.8 Å². The Morgan fingerprint density at radius 1 is 1.18 bits per heavy atom. The molecule has 1 fully saturated rings. The number of amides is 3. The Labute approximate surface area is 166 Å². The van der Waals surface area contributed by atoms with E-state index in [1.54, 1.807) is 17.2 Å². The Bertz CT molecular complexity index is 763. The molecular formula is C22H29N3O3. The molecular weight excluding hydrogens is 354 g/mol. The molecule has 0 aliphatic carbocycles. The fraction of sp³-hybridized carbons (Fsp3) is 0.455. The quantitative estimate of drug-likeness (QED) is 0.800. The third-order valence-corrected chi connectivity index (χ3v) is 5.39. The second kappa shape index (κ2) is 9.44. The minimum absolute atomic E-state index is 0.0203. The van der Waals surface area contributed by atoms with Gasteiger partial charge in [0.2, 0.25) is 5.91 Å². The highest BCUT2D eigenvalue weighted by molar-refractivity contribution is 5.80. The monoisotopic (exact) mass is 383 g/mol. The summed E-state index contributed by atoms with van der Waals surface area (Å²) in [5.41, 5.74) is 2.40. The van der Waals surface area contributed by atoms with Crippen molar-refractivity contribution in [2.45, 2.75) is 45.7 Å². The zero-order chi connectivity index (χ0) is 19.9. The first-order valence-corrected chi connectivity index (χ1v) is 10.0. The van der Waals surface area contributed by atoms with Crippen molar-refractivity contribution in [3.8, 4) is 0 Å². The summed E-state index contributed by atoms with van der Waals surface area (Å²) in [7, 11) is 0. The van der Waals surface area contributed by atoms with E-state index in [-0.39, 0.29) is 23.9 Å². The second-order valence-corrected chi connectivity index (χ2v) is 7.32. The van der Waals surface area contributed by atoms with Gasteiger partial charge in [-0.15, -0.1) is 0 Å². The highest BCUT2D eigenvalue weighted by Crippen LogP contribution is 2.20. The molecule has 1 saturated heterocycles. The van der Waals surface area contributed by atoms with E-state index in [0.29, 0.717) is 32.5 Å². The lowest BCUT2D eigenvalue weighted by Gasteiger charge is -2.32. The van der Waals surface area contributed by atoms with E-state index in [0.717, 1.165) is 17.7 Å². The van der Waals surface area contributed by atoms with Crippen LogP contribution in [0.1, 0.15) is 49.6 Å². The topological polar surface area (TPSA) is 74.6 Å². The number of nitrogens with zero attached hydrogens (tertiary/aromatic N) is 1. The maximum absolute atomic E-state index is 12.6. The molecule has 3 rings (SSSR count). The van der Waals surface area contributed by atoms with Crippen LogP contribution in [0.4, 0.5) is 4.79 Å². The molecule has 150 valence electrons. The van der Waals surface area contributed by atoms with Gasteiger partial charge >= 0.3 is 6.03 Å². The Morgan fingerprint density at radius 2 is 1.89 bits per heavy atom. The number of carbonyl (C=O) groups is 2. The number of urea groups is 1. The molecule has 0 unspecified atom stereocenters. The molecule has 28 heavy (non-hydrogen) atoms. The van der Waals surface area contributed by atoms with Crippen LogP contribution >= 0.6 is 0 Å². The highest BCUT2D eigenvalue weighted by Gasteiger charge is 2.28. The average molecular weight is 383 g/mol. The average Bonchev–Trinajstić information content (AvgIpc) is 3.25. The van der Waals surface area contributed by atoms with Crippen molar-refractivity contribution in [3.63, 3.8) is 0 Å². The lowest BCUT2D eigenvalue weighted by atomic mass is 9.95. The molecule has 6 nitrogen and oxygen atoms in total. The van der Waals surface area contributed by atoms with E-state index >= 15 is 0 Å². The van der Waals surface area contributed by atoms with Crippen LogP contribution < -0.4 is 10.6 Å². The fourth-order valence-electron chi connectivity index (χ4n) is 3.49. The predicted octanol–water partition coefficient (Wildman–Crippen LogP) is 3.64. The van der Waals surface area contributed by atoms with Crippen LogP contribution in [-0.4, -0.2) is 29.9 Å². The first-order valence-electron chi connectivity index (χ1n) is 10.0. The standard InChI is InChI=1S/C22H29N3O3/c1-3-17-6-8-18(9-7-17)16(2)24-21(26)19-10-12-25(13-11-19)22(27)23-15-20-5-4-14-28-20/h4-9,14,16,19H,3,10-13,15H2,1-2H3,(H,23,27)(H,24,26)/t16-/m1/s1. The Kier molecular flexibility index (Phi) is 6.74. The summed E-state index contributed by atoms with van der Waals surface area (Å²) < 4.78 is 5.22. The molecule has 2 N–H and O–H groups in total. The molecule has 1 aromatic heterocycles. The van der Waals surface area contributed by atoms with Crippen LogP contribution in [0.3, 0.4) is 0 Å². The van der Waals surface area contributed by atoms with Crippen molar-refractivity contribution in [1.29, 1.82) is 0 Å². The zero-order valence-electron chi connectivity index (χ0n) is 16.6. The van der Waals surface area contributed by atoms with Crippen molar-refractivity contribution in [2.24, 2.45) is 5.92 Å². The van der Waals surface area contributed by atoms with Gasteiger partial charge in [0.05, 0.1) is 18.8 Å². The Morgan fingerprint density at radius 3 is 2.50 bits per heavy atom. The number of hydrogen-bond acceptors (Lipinski definition) is 3. The Balaban J connectivity index is 1.43. The third-order valence-electron chi connectivity index (χ3n) is 5.39. The molecule has 6 heteroatoms. The van der Waals surface area contributed by atoms with Gasteiger partial charge in [-0.2, -0.15) is 0 Å². The van der Waals surface area contributed by atoms with Crippen LogP contribution in [0, 0.1) is 5.92 Å². The van der Waals surface area contributed by atoms with Gasteiger partial charge in [-0.05, 0) is 49.4 Å². The van der Waals surface area contributed by atoms with Crippen molar-refractivity contribution in [1.82, 2.24) is 15.5 Å². The molecule has 2 aromatic rings. The Hall–Kier alpha value is -2.76. The summed E-state index contributed by atoms with van der Waals surface area (Å²) in [6, 6.07) is 11.9. The summed E-state index contributed by atoms with van der Waals surface area (Å²) in [6.45, 7) is 5.68. The van der Waals surface area contributed by atoms with E-state index in [2.05, 4.69) is 41.8 Å². The molecule has 1 aliphatic rings. The summed E-state index contributed by atoms with van der Waals surface area (Å²) in [6.07, 6.45) is 3.96. The summed E-state index contributed by atoms with van der Waals surface area (Å²) in [5, 5.41) is 5.98. The van der Waals surface area contributed by atoms with E-state index < -0.39 is 0 Å². The molecule has 1 aliphatic heterocycles. The smallest absolute Gasteiger partial charge is 0.317 e. The number of aryl methyl sites for hydroxylation is 1. The minimum atomic E-state index is -0.111. The summed E-state index contributed by atoms with van der Waals surface area (Å²) in [5.74, 6) is 0.748. The number of rotatable bonds is 6. The molecule has 0 saturated carbocycles. The molecule has 0 spiro atoms. The van der Waals surface area contributed by atoms with E-state index in [1.807, 2.05) is 13.0 Å². The van der Waals surface area contributed by atoms with Gasteiger partial charge in [0, 0.05) is 19.0 Å². The van der Waals surface area contributed by atoms with Gasteiger partial charge in [-0.25, -0.2) is 4.79 Å². The lowest BCUT2D eigenvalue weighted by molar-refractivity contribution is -0.126. The predicted molar refractivity (Wildman–Crippen MR) is 108 cm³/mol. The number of furan rings is 1. The number of hydrogen-bond donors (Lipinski definition) is 2. The van der Waals surface area contributed by atoms with Crippen LogP contribution in [0.25, 0.3) is 0 Å². The van der Waals surface area contributed by atoms with Gasteiger partial charge in [-0.1, -0.05) is 31.2 Å². The normalized spacial score (nSPS) is 15.9. The van der Waals surface area contributed by atoms with Gasteiger partial charge in [-0.3, -0.25) is 4.79 Å². The number of likely N-dealkylation sites (tertiary alicyclic amines) is 1. The fourth-order valence-corrected chi connectivity index (χ4v) is 3.49. The van der Waals surface area contributed by atoms with Gasteiger partial charge in [0.1, 0.15) is 5.76 Å². The van der Waals surface area contributed by atoms with Crippen molar-refractivity contribution >= 4 is 11.9 Å². The van der Waals surface area contributed by atoms with Crippen molar-refractivity contribution in [2.75, 3.05) is 13.1 Å². The molecule has 1 aromatic carbocycles. The molecule has 3 amide bonds. The first-order chi connectivity index (χ1) is 13.6. The minimum Gasteiger partial charge on any atom is -0.467 e. The maximum atomic E-state index is 12.6. The van der Waals surface area contributed by atoms with Crippen molar-refractivity contribution < 1.29 is 14.0 Å². The summed E-state index contributed by atoms with van der Waals surface area (Å²) >= 11 is 0. The molecule has 0 bridgehead atoms. The number of benzene rings is 1. The SMILES string of the molecule is CCc1ccc([C@@H](C)NC(=O)C2CCN(C(=O)NCc3ccco3)CC2)cc1. The second-order valence-electron chi connectivity index (χ2n) is 7.32. The summed E-state index contributed by atoms with van der Waals surface area (Å²) in [4.78, 5) is 26.6. The third kappa shape index (κ3) is 5.15. The number of carbonyl (C=O) groups excluding carboxylic acids is 2. The maximum Gasteiger partial charge on any atom is 0.317 e. The molecule has 2 heterocycles. The van der Waals surface area contributed by atoms with E-state index in [1.165, 1.54) is 5.56 Å². The lowest BCUT2D eigenvalue weighted by Crippen LogP contribution is -2.46.